The van der Waals surface area contributed by atoms with Gasteiger partial charge in [0.15, 0.2) is 11.3 Å². The molecule has 1 fully saturated rings. The summed E-state index contributed by atoms with van der Waals surface area (Å²) in [5.41, 5.74) is 4.51. The molecule has 1 unspecified atom stereocenters. The zero-order valence-electron chi connectivity index (χ0n) is 8.51. The van der Waals surface area contributed by atoms with Crippen molar-refractivity contribution in [1.82, 2.24) is 10.5 Å². The number of hydrazine groups is 1. The first-order valence-corrected chi connectivity index (χ1v) is 4.76. The summed E-state index contributed by atoms with van der Waals surface area (Å²) < 4.78 is 38.3. The van der Waals surface area contributed by atoms with Crippen LogP contribution in [0.1, 0.15) is 12.8 Å². The Morgan fingerprint density at radius 2 is 2.19 bits per heavy atom. The number of hydrazone groups is 1. The van der Waals surface area contributed by atoms with E-state index in [1.165, 1.54) is 7.05 Å². The van der Waals surface area contributed by atoms with Crippen LogP contribution < -0.4 is 11.2 Å². The van der Waals surface area contributed by atoms with Gasteiger partial charge in [-0.1, -0.05) is 0 Å². The van der Waals surface area contributed by atoms with E-state index in [0.29, 0.717) is 12.8 Å². The summed E-state index contributed by atoms with van der Waals surface area (Å²) in [5.74, 6) is -1.45. The number of amides is 1. The molecule has 0 aromatic heterocycles. The van der Waals surface area contributed by atoms with E-state index in [1.54, 1.807) is 0 Å². The molecule has 8 heteroatoms. The van der Waals surface area contributed by atoms with Crippen LogP contribution in [0.5, 0.6) is 0 Å². The lowest BCUT2D eigenvalue weighted by molar-refractivity contribution is -0.125. The summed E-state index contributed by atoms with van der Waals surface area (Å²) in [4.78, 5) is 11.4. The number of carbonyl (C=O) groups is 1. The second-order valence-electron chi connectivity index (χ2n) is 4.03. The molecule has 1 saturated carbocycles. The molecule has 0 bridgehead atoms. The molecule has 1 atom stereocenters. The van der Waals surface area contributed by atoms with Crippen molar-refractivity contribution in [2.75, 3.05) is 7.05 Å². The summed E-state index contributed by atoms with van der Waals surface area (Å²) in [5, 5.41) is 4.20. The third-order valence-corrected chi connectivity index (χ3v) is 2.81. The van der Waals surface area contributed by atoms with Crippen molar-refractivity contribution in [3.63, 3.8) is 0 Å². The smallest absolute Gasteiger partial charge is 0.368 e. The van der Waals surface area contributed by atoms with Gasteiger partial charge >= 0.3 is 6.18 Å². The lowest BCUT2D eigenvalue weighted by Crippen LogP contribution is -2.64. The zero-order valence-corrected chi connectivity index (χ0v) is 8.51. The Morgan fingerprint density at radius 1 is 1.62 bits per heavy atom. The van der Waals surface area contributed by atoms with Crippen LogP contribution in [0.3, 0.4) is 0 Å². The van der Waals surface area contributed by atoms with E-state index < -0.39 is 29.3 Å². The zero-order chi connectivity index (χ0) is 12.1. The van der Waals surface area contributed by atoms with E-state index >= 15 is 0 Å². The maximum atomic E-state index is 12.8. The molecule has 90 valence electrons. The first-order valence-electron chi connectivity index (χ1n) is 4.76. The summed E-state index contributed by atoms with van der Waals surface area (Å²) in [6.07, 6.45) is -3.58. The fraction of sp³-hybridized carbons (Fsp3) is 0.750. The highest BCUT2D eigenvalue weighted by Crippen LogP contribution is 2.45. The van der Waals surface area contributed by atoms with E-state index in [4.69, 9.17) is 5.73 Å². The Kier molecular flexibility index (Phi) is 2.16. The minimum atomic E-state index is -4.66. The first kappa shape index (κ1) is 11.2. The SMILES string of the molecule is CN1N=C(C(F)(F)F)C(C(N)=O)(C2CC2)N1. The maximum Gasteiger partial charge on any atom is 0.433 e. The average molecular weight is 236 g/mol. The Balaban J connectivity index is 2.46. The van der Waals surface area contributed by atoms with Crippen LogP contribution in [-0.2, 0) is 4.79 Å². The quantitative estimate of drug-likeness (QED) is 0.708. The van der Waals surface area contributed by atoms with Crippen molar-refractivity contribution in [1.29, 1.82) is 0 Å². The summed E-state index contributed by atoms with van der Waals surface area (Å²) in [6.45, 7) is 0. The predicted molar refractivity (Wildman–Crippen MR) is 49.0 cm³/mol. The van der Waals surface area contributed by atoms with Crippen molar-refractivity contribution in [3.8, 4) is 0 Å². The molecule has 0 radical (unpaired) electrons. The molecule has 2 rings (SSSR count). The second kappa shape index (κ2) is 3.09. The average Bonchev–Trinajstić information content (AvgIpc) is 2.88. The highest BCUT2D eigenvalue weighted by atomic mass is 19.4. The van der Waals surface area contributed by atoms with Crippen molar-refractivity contribution in [2.45, 2.75) is 24.6 Å². The maximum absolute atomic E-state index is 12.8. The fourth-order valence-corrected chi connectivity index (χ4v) is 2.02. The lowest BCUT2D eigenvalue weighted by Gasteiger charge is -2.28. The lowest BCUT2D eigenvalue weighted by atomic mass is 9.87. The van der Waals surface area contributed by atoms with E-state index in [0.717, 1.165) is 5.12 Å². The standard InChI is InChI=1S/C8H11F3N4O/c1-15-13-5(8(9,10)11)7(14-15,6(12)16)4-2-3-4/h4,14H,2-3H2,1H3,(H2,12,16). The topological polar surface area (TPSA) is 70.7 Å². The van der Waals surface area contributed by atoms with Crippen LogP contribution in [0.25, 0.3) is 0 Å². The van der Waals surface area contributed by atoms with Gasteiger partial charge in [-0.25, -0.2) is 5.12 Å². The molecule has 1 aliphatic heterocycles. The van der Waals surface area contributed by atoms with Gasteiger partial charge in [0.2, 0.25) is 5.91 Å². The molecule has 1 heterocycles. The number of hydrogen-bond acceptors (Lipinski definition) is 4. The first-order chi connectivity index (χ1) is 7.28. The van der Waals surface area contributed by atoms with Crippen LogP contribution in [0, 0.1) is 5.92 Å². The molecule has 1 amide bonds. The van der Waals surface area contributed by atoms with Gasteiger partial charge in [0.1, 0.15) is 0 Å². The summed E-state index contributed by atoms with van der Waals surface area (Å²) in [6, 6.07) is 0. The van der Waals surface area contributed by atoms with Crippen molar-refractivity contribution in [2.24, 2.45) is 16.8 Å². The van der Waals surface area contributed by atoms with Crippen LogP contribution in [0.4, 0.5) is 13.2 Å². The van der Waals surface area contributed by atoms with Crippen LogP contribution >= 0.6 is 0 Å². The molecule has 1 aliphatic carbocycles. The van der Waals surface area contributed by atoms with Gasteiger partial charge in [0.25, 0.3) is 0 Å². The fourth-order valence-electron chi connectivity index (χ4n) is 2.02. The molecular formula is C8H11F3N4O. The molecule has 16 heavy (non-hydrogen) atoms. The van der Waals surface area contributed by atoms with E-state index in [-0.39, 0.29) is 0 Å². The van der Waals surface area contributed by atoms with Crippen LogP contribution in [0.15, 0.2) is 5.10 Å². The number of primary amides is 1. The number of alkyl halides is 3. The third kappa shape index (κ3) is 1.44. The minimum Gasteiger partial charge on any atom is -0.368 e. The number of nitrogens with zero attached hydrogens (tertiary/aromatic N) is 2. The van der Waals surface area contributed by atoms with E-state index in [9.17, 15) is 18.0 Å². The predicted octanol–water partition coefficient (Wildman–Crippen LogP) is -0.0112. The Hall–Kier alpha value is -1.31. The number of halogens is 3. The van der Waals surface area contributed by atoms with Crippen molar-refractivity contribution in [3.05, 3.63) is 0 Å². The molecule has 0 saturated heterocycles. The molecule has 2 aliphatic rings. The number of nitrogens with two attached hydrogens (primary N) is 1. The Morgan fingerprint density at radius 3 is 2.56 bits per heavy atom. The monoisotopic (exact) mass is 236 g/mol. The largest absolute Gasteiger partial charge is 0.433 e. The van der Waals surface area contributed by atoms with Crippen molar-refractivity contribution < 1.29 is 18.0 Å². The second-order valence-corrected chi connectivity index (χ2v) is 4.03. The van der Waals surface area contributed by atoms with Gasteiger partial charge in [-0.3, -0.25) is 4.79 Å². The number of carbonyl (C=O) groups excluding carboxylic acids is 1. The van der Waals surface area contributed by atoms with Crippen molar-refractivity contribution >= 4 is 11.6 Å². The van der Waals surface area contributed by atoms with Crippen LogP contribution in [0.2, 0.25) is 0 Å². The van der Waals surface area contributed by atoms with Gasteiger partial charge in [0.05, 0.1) is 0 Å². The van der Waals surface area contributed by atoms with Gasteiger partial charge in [0, 0.05) is 7.05 Å². The molecule has 3 N–H and O–H groups in total. The van der Waals surface area contributed by atoms with Gasteiger partial charge in [-0.05, 0) is 18.8 Å². The molecule has 0 spiro atoms. The number of hydrogen-bond donors (Lipinski definition) is 2. The molecule has 0 aromatic rings. The highest BCUT2D eigenvalue weighted by molar-refractivity contribution is 6.16. The summed E-state index contributed by atoms with van der Waals surface area (Å²) >= 11 is 0. The number of nitrogens with one attached hydrogen (secondary N) is 1. The number of rotatable bonds is 2. The third-order valence-electron chi connectivity index (χ3n) is 2.81. The molecular weight excluding hydrogens is 225 g/mol. The van der Waals surface area contributed by atoms with Gasteiger partial charge < -0.3 is 5.73 Å². The van der Waals surface area contributed by atoms with Gasteiger partial charge in [-0.2, -0.15) is 23.7 Å². The van der Waals surface area contributed by atoms with Gasteiger partial charge in [-0.15, -0.1) is 0 Å². The normalized spacial score (nSPS) is 30.5. The molecule has 5 nitrogen and oxygen atoms in total. The highest BCUT2D eigenvalue weighted by Gasteiger charge is 2.64. The summed E-state index contributed by atoms with van der Waals surface area (Å²) in [7, 11) is 1.30. The van der Waals surface area contributed by atoms with Crippen LogP contribution in [-0.4, -0.2) is 35.5 Å². The minimum absolute atomic E-state index is 0.421. The Labute approximate surface area is 89.4 Å². The van der Waals surface area contributed by atoms with E-state index in [1.807, 2.05) is 0 Å². The Bertz CT molecular complexity index is 363. The molecule has 0 aromatic carbocycles. The van der Waals surface area contributed by atoms with E-state index in [2.05, 4.69) is 10.5 Å².